The lowest BCUT2D eigenvalue weighted by Gasteiger charge is -2.04. The molecule has 142 valence electrons. The lowest BCUT2D eigenvalue weighted by atomic mass is 10.1. The maximum Gasteiger partial charge on any atom is 0.305 e. The monoisotopic (exact) mass is 366 g/mol. The molecule has 1 aromatic carbocycles. The summed E-state index contributed by atoms with van der Waals surface area (Å²) in [5.41, 5.74) is 1.27. The largest absolute Gasteiger partial charge is 0.508 e. The van der Waals surface area contributed by atoms with Gasteiger partial charge in [-0.25, -0.2) is 0 Å². The molecular formula is C21H34O3S. The number of phenolic OH excluding ortho intramolecular Hbond substituents is 1. The fourth-order valence-corrected chi connectivity index (χ4v) is 3.52. The summed E-state index contributed by atoms with van der Waals surface area (Å²) in [4.78, 5) is 11.4. The van der Waals surface area contributed by atoms with Crippen molar-refractivity contribution in [3.63, 3.8) is 0 Å². The van der Waals surface area contributed by atoms with Gasteiger partial charge in [-0.15, -0.1) is 0 Å². The molecule has 0 heterocycles. The van der Waals surface area contributed by atoms with E-state index in [2.05, 4.69) is 6.92 Å². The molecule has 1 aromatic rings. The number of carbonyl (C=O) groups is 1. The predicted molar refractivity (Wildman–Crippen MR) is 107 cm³/mol. The van der Waals surface area contributed by atoms with Gasteiger partial charge < -0.3 is 9.84 Å². The molecule has 0 aliphatic carbocycles. The van der Waals surface area contributed by atoms with Crippen LogP contribution in [0.1, 0.15) is 76.7 Å². The van der Waals surface area contributed by atoms with E-state index in [1.54, 1.807) is 12.1 Å². The van der Waals surface area contributed by atoms with E-state index in [4.69, 9.17) is 4.74 Å². The fourth-order valence-electron chi connectivity index (χ4n) is 2.54. The van der Waals surface area contributed by atoms with Crippen LogP contribution in [-0.4, -0.2) is 23.4 Å². The van der Waals surface area contributed by atoms with Crippen molar-refractivity contribution in [2.24, 2.45) is 0 Å². The average Bonchev–Trinajstić information content (AvgIpc) is 2.61. The van der Waals surface area contributed by atoms with E-state index in [1.165, 1.54) is 43.4 Å². The lowest BCUT2D eigenvalue weighted by molar-refractivity contribution is -0.143. The molecule has 0 unspecified atom stereocenters. The Labute approximate surface area is 157 Å². The zero-order valence-corrected chi connectivity index (χ0v) is 16.5. The first-order valence-electron chi connectivity index (χ1n) is 9.73. The topological polar surface area (TPSA) is 46.5 Å². The zero-order chi connectivity index (χ0) is 18.2. The number of aromatic hydroxyl groups is 1. The molecule has 0 spiro atoms. The number of phenols is 1. The molecule has 0 saturated heterocycles. The highest BCUT2D eigenvalue weighted by Gasteiger charge is 2.02. The Morgan fingerprint density at radius 3 is 2.28 bits per heavy atom. The highest BCUT2D eigenvalue weighted by molar-refractivity contribution is 7.98. The van der Waals surface area contributed by atoms with E-state index in [-0.39, 0.29) is 5.97 Å². The van der Waals surface area contributed by atoms with Crippen LogP contribution in [0, 0.1) is 0 Å². The number of ether oxygens (including phenoxy) is 1. The van der Waals surface area contributed by atoms with Crippen LogP contribution in [0.15, 0.2) is 24.3 Å². The van der Waals surface area contributed by atoms with Gasteiger partial charge in [-0.05, 0) is 42.7 Å². The van der Waals surface area contributed by atoms with Crippen LogP contribution in [0.2, 0.25) is 0 Å². The van der Waals surface area contributed by atoms with Crippen LogP contribution in [0.4, 0.5) is 0 Å². The van der Waals surface area contributed by atoms with Gasteiger partial charge >= 0.3 is 5.97 Å². The van der Waals surface area contributed by atoms with E-state index >= 15 is 0 Å². The second-order valence-corrected chi connectivity index (χ2v) is 7.62. The van der Waals surface area contributed by atoms with Gasteiger partial charge in [0, 0.05) is 12.2 Å². The smallest absolute Gasteiger partial charge is 0.305 e. The van der Waals surface area contributed by atoms with Gasteiger partial charge in [0.15, 0.2) is 0 Å². The Kier molecular flexibility index (Phi) is 13.2. The number of hydrogen-bond acceptors (Lipinski definition) is 4. The summed E-state index contributed by atoms with van der Waals surface area (Å²) in [5, 5.41) is 9.24. The molecule has 1 N–H and O–H groups in total. The highest BCUT2D eigenvalue weighted by atomic mass is 32.2. The first-order valence-corrected chi connectivity index (χ1v) is 10.9. The molecule has 0 radical (unpaired) electrons. The van der Waals surface area contributed by atoms with Crippen molar-refractivity contribution in [1.82, 2.24) is 0 Å². The van der Waals surface area contributed by atoms with Crippen molar-refractivity contribution in [3.05, 3.63) is 29.8 Å². The van der Waals surface area contributed by atoms with Crippen molar-refractivity contribution >= 4 is 17.7 Å². The third-order valence-electron chi connectivity index (χ3n) is 4.14. The van der Waals surface area contributed by atoms with Crippen molar-refractivity contribution in [2.75, 3.05) is 12.4 Å². The third kappa shape index (κ3) is 12.8. The number of carbonyl (C=O) groups excluding carboxylic acids is 1. The molecule has 0 aromatic heterocycles. The minimum absolute atomic E-state index is 0.0286. The van der Waals surface area contributed by atoms with Gasteiger partial charge in [0.1, 0.15) is 5.75 Å². The SMILES string of the molecule is CCCCOC(=O)CCCCCCCCCSCc1ccc(O)cc1. The highest BCUT2D eigenvalue weighted by Crippen LogP contribution is 2.17. The van der Waals surface area contributed by atoms with Crippen molar-refractivity contribution in [1.29, 1.82) is 0 Å². The first kappa shape index (κ1) is 21.9. The summed E-state index contributed by atoms with van der Waals surface area (Å²) in [6, 6.07) is 7.48. The Morgan fingerprint density at radius 2 is 1.60 bits per heavy atom. The maximum absolute atomic E-state index is 11.4. The van der Waals surface area contributed by atoms with E-state index in [0.29, 0.717) is 18.8 Å². The second kappa shape index (κ2) is 15.1. The Bertz CT molecular complexity index is 445. The van der Waals surface area contributed by atoms with Crippen molar-refractivity contribution in [3.8, 4) is 5.75 Å². The van der Waals surface area contributed by atoms with Crippen molar-refractivity contribution < 1.29 is 14.6 Å². The summed E-state index contributed by atoms with van der Waals surface area (Å²) < 4.78 is 5.15. The van der Waals surface area contributed by atoms with Crippen molar-refractivity contribution in [2.45, 2.75) is 76.9 Å². The molecule has 0 fully saturated rings. The molecule has 0 aliphatic heterocycles. The number of hydrogen-bond donors (Lipinski definition) is 1. The second-order valence-electron chi connectivity index (χ2n) is 6.52. The summed E-state index contributed by atoms with van der Waals surface area (Å²) in [6.45, 7) is 2.68. The average molecular weight is 367 g/mol. The van der Waals surface area contributed by atoms with Crippen LogP contribution in [-0.2, 0) is 15.3 Å². The molecule has 0 saturated carbocycles. The van der Waals surface area contributed by atoms with Crippen LogP contribution in [0.3, 0.4) is 0 Å². The Hall–Kier alpha value is -1.16. The Morgan fingerprint density at radius 1 is 0.960 bits per heavy atom. The van der Waals surface area contributed by atoms with Gasteiger partial charge in [0.25, 0.3) is 0 Å². The maximum atomic E-state index is 11.4. The van der Waals surface area contributed by atoms with E-state index in [0.717, 1.165) is 31.4 Å². The number of esters is 1. The number of rotatable bonds is 15. The molecule has 0 atom stereocenters. The number of thioether (sulfide) groups is 1. The number of unbranched alkanes of at least 4 members (excludes halogenated alkanes) is 7. The molecule has 1 rings (SSSR count). The van der Waals surface area contributed by atoms with Crippen LogP contribution in [0.25, 0.3) is 0 Å². The van der Waals surface area contributed by atoms with Gasteiger partial charge in [-0.1, -0.05) is 57.6 Å². The predicted octanol–water partition coefficient (Wildman–Crippen LogP) is 6.09. The van der Waals surface area contributed by atoms with E-state index in [9.17, 15) is 9.90 Å². The van der Waals surface area contributed by atoms with Crippen LogP contribution in [0.5, 0.6) is 5.75 Å². The quantitative estimate of drug-likeness (QED) is 0.301. The first-order chi connectivity index (χ1) is 12.2. The zero-order valence-electron chi connectivity index (χ0n) is 15.7. The van der Waals surface area contributed by atoms with E-state index < -0.39 is 0 Å². The minimum atomic E-state index is -0.0286. The third-order valence-corrected chi connectivity index (χ3v) is 5.25. The minimum Gasteiger partial charge on any atom is -0.508 e. The molecule has 3 nitrogen and oxygen atoms in total. The van der Waals surface area contributed by atoms with Gasteiger partial charge in [0.2, 0.25) is 0 Å². The summed E-state index contributed by atoms with van der Waals surface area (Å²) >= 11 is 1.96. The van der Waals surface area contributed by atoms with Gasteiger partial charge in [0.05, 0.1) is 6.61 Å². The summed E-state index contributed by atoms with van der Waals surface area (Å²) in [7, 11) is 0. The standard InChI is InChI=1S/C21H34O3S/c1-2-3-16-24-21(23)11-9-7-5-4-6-8-10-17-25-18-19-12-14-20(22)15-13-19/h12-15,22H,2-11,16-18H2,1H3. The molecule has 0 amide bonds. The molecule has 0 aliphatic rings. The molecule has 4 heteroatoms. The van der Waals surface area contributed by atoms with Crippen LogP contribution < -0.4 is 0 Å². The lowest BCUT2D eigenvalue weighted by Crippen LogP contribution is -2.05. The molecule has 0 bridgehead atoms. The fraction of sp³-hybridized carbons (Fsp3) is 0.667. The number of benzene rings is 1. The molecular weight excluding hydrogens is 332 g/mol. The van der Waals surface area contributed by atoms with Gasteiger partial charge in [-0.2, -0.15) is 11.8 Å². The van der Waals surface area contributed by atoms with Crippen LogP contribution >= 0.6 is 11.8 Å². The normalized spacial score (nSPS) is 10.8. The Balaban J connectivity index is 1.81. The van der Waals surface area contributed by atoms with E-state index in [1.807, 2.05) is 23.9 Å². The van der Waals surface area contributed by atoms with Gasteiger partial charge in [-0.3, -0.25) is 4.79 Å². The summed E-state index contributed by atoms with van der Waals surface area (Å²) in [5.74, 6) is 2.53. The molecule has 25 heavy (non-hydrogen) atoms. The summed E-state index contributed by atoms with van der Waals surface area (Å²) in [6.07, 6.45) is 11.1.